The van der Waals surface area contributed by atoms with Crippen LogP contribution in [0.5, 0.6) is 0 Å². The molecule has 0 amide bonds. The summed E-state index contributed by atoms with van der Waals surface area (Å²) in [6.07, 6.45) is 1.19. The second-order valence-electron chi connectivity index (χ2n) is 4.77. The second-order valence-corrected chi connectivity index (χ2v) is 7.62. The van der Waals surface area contributed by atoms with Crippen LogP contribution in [0.15, 0.2) is 24.3 Å². The third-order valence-corrected chi connectivity index (χ3v) is 5.54. The Morgan fingerprint density at radius 1 is 1.39 bits per heavy atom. The second kappa shape index (κ2) is 5.59. The van der Waals surface area contributed by atoms with Crippen molar-refractivity contribution in [2.45, 2.75) is 25.0 Å². The molecule has 18 heavy (non-hydrogen) atoms. The molecule has 1 aliphatic heterocycles. The van der Waals surface area contributed by atoms with Crippen LogP contribution in [0.1, 0.15) is 17.5 Å². The van der Waals surface area contributed by atoms with Gasteiger partial charge in [0.2, 0.25) is 9.05 Å². The molecule has 0 radical (unpaired) electrons. The van der Waals surface area contributed by atoms with Gasteiger partial charge in [0.05, 0.1) is 11.9 Å². The van der Waals surface area contributed by atoms with E-state index in [0.717, 1.165) is 0 Å². The van der Waals surface area contributed by atoms with Gasteiger partial charge in [-0.3, -0.25) is 0 Å². The van der Waals surface area contributed by atoms with Crippen molar-refractivity contribution >= 4 is 19.7 Å². The number of hydrogen-bond donors (Lipinski definition) is 0. The average Bonchev–Trinajstić information content (AvgIpc) is 2.31. The smallest absolute Gasteiger partial charge is 0.235 e. The van der Waals surface area contributed by atoms with E-state index in [0.29, 0.717) is 26.1 Å². The van der Waals surface area contributed by atoms with Gasteiger partial charge in [0.25, 0.3) is 0 Å². The summed E-state index contributed by atoms with van der Waals surface area (Å²) >= 11 is 0. The van der Waals surface area contributed by atoms with Crippen LogP contribution in [0.4, 0.5) is 0 Å². The molecule has 2 atom stereocenters. The molecule has 2 rings (SSSR count). The van der Waals surface area contributed by atoms with Crippen LogP contribution < -0.4 is 0 Å². The topological polar surface area (TPSA) is 43.4 Å². The predicted molar refractivity (Wildman–Crippen MR) is 72.4 cm³/mol. The van der Waals surface area contributed by atoms with Crippen molar-refractivity contribution < 1.29 is 13.2 Å². The highest BCUT2D eigenvalue weighted by molar-refractivity contribution is 8.14. The average molecular weight is 289 g/mol. The Bertz CT molecular complexity index is 513. The Labute approximate surface area is 113 Å². The first-order valence-electron chi connectivity index (χ1n) is 6.04. The summed E-state index contributed by atoms with van der Waals surface area (Å²) in [6.45, 7) is 2.97. The lowest BCUT2D eigenvalue weighted by Gasteiger charge is -2.29. The van der Waals surface area contributed by atoms with Crippen molar-refractivity contribution in [1.29, 1.82) is 0 Å². The Morgan fingerprint density at radius 3 is 2.78 bits per heavy atom. The summed E-state index contributed by atoms with van der Waals surface area (Å²) in [6, 6.07) is 8.01. The largest absolute Gasteiger partial charge is 0.381 e. The van der Waals surface area contributed by atoms with E-state index in [4.69, 9.17) is 15.4 Å². The van der Waals surface area contributed by atoms with E-state index in [2.05, 4.69) is 0 Å². The highest BCUT2D eigenvalue weighted by Crippen LogP contribution is 2.28. The highest BCUT2D eigenvalue weighted by Gasteiger charge is 2.35. The van der Waals surface area contributed by atoms with Gasteiger partial charge in [-0.1, -0.05) is 24.3 Å². The van der Waals surface area contributed by atoms with E-state index in [-0.39, 0.29) is 5.92 Å². The van der Waals surface area contributed by atoms with Crippen molar-refractivity contribution in [3.05, 3.63) is 35.4 Å². The standard InChI is InChI=1S/C13H17ClO3S/c1-10-4-2-3-5-11(10)8-12-9-17-7-6-13(12)18(14,15)16/h2-5,12-13H,6-9H2,1H3/t12-,13-/m1/s1. The molecule has 1 fully saturated rings. The lowest BCUT2D eigenvalue weighted by Crippen LogP contribution is -2.37. The minimum atomic E-state index is -3.52. The summed E-state index contributed by atoms with van der Waals surface area (Å²) in [5.41, 5.74) is 2.34. The van der Waals surface area contributed by atoms with Gasteiger partial charge >= 0.3 is 0 Å². The van der Waals surface area contributed by atoms with E-state index >= 15 is 0 Å². The van der Waals surface area contributed by atoms with E-state index in [1.807, 2.05) is 31.2 Å². The van der Waals surface area contributed by atoms with Crippen molar-refractivity contribution in [1.82, 2.24) is 0 Å². The van der Waals surface area contributed by atoms with Gasteiger partial charge in [-0.05, 0) is 30.9 Å². The summed E-state index contributed by atoms with van der Waals surface area (Å²) in [5, 5.41) is -0.493. The normalized spacial score (nSPS) is 25.0. The Morgan fingerprint density at radius 2 is 2.11 bits per heavy atom. The molecule has 1 aromatic carbocycles. The Hall–Kier alpha value is -0.580. The van der Waals surface area contributed by atoms with Crippen LogP contribution in [0.3, 0.4) is 0 Å². The van der Waals surface area contributed by atoms with Gasteiger partial charge in [-0.2, -0.15) is 0 Å². The summed E-state index contributed by atoms with van der Waals surface area (Å²) in [7, 11) is 2.01. The molecule has 1 saturated heterocycles. The Balaban J connectivity index is 2.18. The van der Waals surface area contributed by atoms with Gasteiger partial charge in [0, 0.05) is 23.2 Å². The number of aryl methyl sites for hydroxylation is 1. The van der Waals surface area contributed by atoms with Crippen molar-refractivity contribution in [3.8, 4) is 0 Å². The van der Waals surface area contributed by atoms with Crippen LogP contribution in [-0.4, -0.2) is 26.9 Å². The fraction of sp³-hybridized carbons (Fsp3) is 0.538. The minimum absolute atomic E-state index is 0.0534. The summed E-state index contributed by atoms with van der Waals surface area (Å²) < 4.78 is 28.6. The van der Waals surface area contributed by atoms with E-state index in [9.17, 15) is 8.42 Å². The van der Waals surface area contributed by atoms with Crippen LogP contribution >= 0.6 is 10.7 Å². The third kappa shape index (κ3) is 3.25. The van der Waals surface area contributed by atoms with Gasteiger partial charge < -0.3 is 4.74 Å². The van der Waals surface area contributed by atoms with Crippen LogP contribution in [-0.2, 0) is 20.2 Å². The van der Waals surface area contributed by atoms with Crippen LogP contribution in [0, 0.1) is 12.8 Å². The molecule has 100 valence electrons. The summed E-state index contributed by atoms with van der Waals surface area (Å²) in [5.74, 6) is -0.0534. The molecular formula is C13H17ClO3S. The molecule has 3 nitrogen and oxygen atoms in total. The fourth-order valence-electron chi connectivity index (χ4n) is 2.46. The maximum absolute atomic E-state index is 11.6. The van der Waals surface area contributed by atoms with Crippen LogP contribution in [0.25, 0.3) is 0 Å². The monoisotopic (exact) mass is 288 g/mol. The molecule has 0 aliphatic carbocycles. The van der Waals surface area contributed by atoms with Crippen molar-refractivity contribution in [3.63, 3.8) is 0 Å². The van der Waals surface area contributed by atoms with Gasteiger partial charge in [0.15, 0.2) is 0 Å². The fourth-order valence-corrected chi connectivity index (χ4v) is 4.18. The number of ether oxygens (including phenoxy) is 1. The maximum atomic E-state index is 11.6. The minimum Gasteiger partial charge on any atom is -0.381 e. The Kier molecular flexibility index (Phi) is 4.30. The number of halogens is 1. The molecule has 1 aliphatic rings. The van der Waals surface area contributed by atoms with Crippen LogP contribution in [0.2, 0.25) is 0 Å². The van der Waals surface area contributed by atoms with E-state index in [1.54, 1.807) is 0 Å². The SMILES string of the molecule is Cc1ccccc1C[C@@H]1COCC[C@H]1S(=O)(=O)Cl. The molecule has 0 aromatic heterocycles. The van der Waals surface area contributed by atoms with Gasteiger partial charge in [-0.15, -0.1) is 0 Å². The molecular weight excluding hydrogens is 272 g/mol. The molecule has 1 aromatic rings. The quantitative estimate of drug-likeness (QED) is 0.803. The molecule has 5 heteroatoms. The number of benzene rings is 1. The van der Waals surface area contributed by atoms with Crippen molar-refractivity contribution in [2.24, 2.45) is 5.92 Å². The van der Waals surface area contributed by atoms with Gasteiger partial charge in [-0.25, -0.2) is 8.42 Å². The number of rotatable bonds is 3. The van der Waals surface area contributed by atoms with Crippen molar-refractivity contribution in [2.75, 3.05) is 13.2 Å². The lowest BCUT2D eigenvalue weighted by atomic mass is 9.91. The first-order valence-corrected chi connectivity index (χ1v) is 8.41. The highest BCUT2D eigenvalue weighted by atomic mass is 35.7. The third-order valence-electron chi connectivity index (χ3n) is 3.51. The first kappa shape index (κ1) is 13.8. The predicted octanol–water partition coefficient (Wildman–Crippen LogP) is 2.51. The number of hydrogen-bond acceptors (Lipinski definition) is 3. The molecule has 0 unspecified atom stereocenters. The van der Waals surface area contributed by atoms with Gasteiger partial charge in [0.1, 0.15) is 0 Å². The first-order chi connectivity index (χ1) is 8.48. The lowest BCUT2D eigenvalue weighted by molar-refractivity contribution is 0.0576. The maximum Gasteiger partial charge on any atom is 0.235 e. The zero-order valence-corrected chi connectivity index (χ0v) is 11.9. The molecule has 0 spiro atoms. The molecule has 0 saturated carbocycles. The molecule has 1 heterocycles. The molecule has 0 N–H and O–H groups in total. The van der Waals surface area contributed by atoms with E-state index in [1.165, 1.54) is 11.1 Å². The molecule has 0 bridgehead atoms. The zero-order chi connectivity index (χ0) is 13.2. The zero-order valence-electron chi connectivity index (χ0n) is 10.3. The van der Waals surface area contributed by atoms with E-state index < -0.39 is 14.3 Å². The summed E-state index contributed by atoms with van der Waals surface area (Å²) in [4.78, 5) is 0.